The SMILES string of the molecule is CC1(C)C(C(=O)N2CCC(c3nc(C(=O)NC(Cc4ccc(O)cc4)C(N)=O)cs3)CC2)C1(C)C. The quantitative estimate of drug-likeness (QED) is 0.541. The highest BCUT2D eigenvalue weighted by Gasteiger charge is 2.68. The summed E-state index contributed by atoms with van der Waals surface area (Å²) < 4.78 is 0. The van der Waals surface area contributed by atoms with Crippen LogP contribution in [0.1, 0.15) is 67.5 Å². The molecule has 8 nitrogen and oxygen atoms in total. The van der Waals surface area contributed by atoms with Crippen molar-refractivity contribution in [3.63, 3.8) is 0 Å². The Morgan fingerprint density at radius 1 is 1.14 bits per heavy atom. The molecule has 1 saturated carbocycles. The van der Waals surface area contributed by atoms with Crippen LogP contribution in [0.15, 0.2) is 29.6 Å². The number of likely N-dealkylation sites (tertiary alicyclic amines) is 1. The minimum absolute atomic E-state index is 0.0313. The summed E-state index contributed by atoms with van der Waals surface area (Å²) in [5.41, 5.74) is 6.60. The molecule has 1 aromatic heterocycles. The summed E-state index contributed by atoms with van der Waals surface area (Å²) in [6.45, 7) is 10.1. The fourth-order valence-corrected chi connectivity index (χ4v) is 6.22. The van der Waals surface area contributed by atoms with Gasteiger partial charge in [0.2, 0.25) is 11.8 Å². The van der Waals surface area contributed by atoms with Gasteiger partial charge in [0, 0.05) is 36.7 Å². The van der Waals surface area contributed by atoms with E-state index < -0.39 is 17.9 Å². The molecule has 2 heterocycles. The van der Waals surface area contributed by atoms with E-state index in [0.29, 0.717) is 13.1 Å². The third-order valence-electron chi connectivity index (χ3n) is 8.20. The van der Waals surface area contributed by atoms with Gasteiger partial charge in [-0.25, -0.2) is 4.98 Å². The third kappa shape index (κ3) is 4.91. The number of benzene rings is 1. The Morgan fingerprint density at radius 2 is 1.74 bits per heavy atom. The van der Waals surface area contributed by atoms with Crippen molar-refractivity contribution in [3.05, 3.63) is 45.9 Å². The van der Waals surface area contributed by atoms with Crippen LogP contribution in [0.3, 0.4) is 0 Å². The van der Waals surface area contributed by atoms with Crippen molar-refractivity contribution in [1.82, 2.24) is 15.2 Å². The van der Waals surface area contributed by atoms with Crippen molar-refractivity contribution in [2.24, 2.45) is 22.5 Å². The molecule has 2 aromatic rings. The number of primary amides is 1. The summed E-state index contributed by atoms with van der Waals surface area (Å²) in [5, 5.41) is 14.7. The standard InChI is InChI=1S/C26H34N4O4S/c1-25(2)20(26(25,3)4)24(34)30-11-9-16(10-12-30)23-29-19(14-35-23)22(33)28-18(21(27)32)13-15-5-7-17(31)8-6-15/h5-8,14,16,18,20,31H,9-13H2,1-4H3,(H2,27,32)(H,28,33). The van der Waals surface area contributed by atoms with Gasteiger partial charge in [0.1, 0.15) is 17.5 Å². The van der Waals surface area contributed by atoms with Crippen molar-refractivity contribution < 1.29 is 19.5 Å². The molecule has 9 heteroatoms. The van der Waals surface area contributed by atoms with Gasteiger partial charge in [-0.2, -0.15) is 0 Å². The number of phenols is 1. The van der Waals surface area contributed by atoms with Crippen LogP contribution in [0, 0.1) is 16.7 Å². The summed E-state index contributed by atoms with van der Waals surface area (Å²) in [4.78, 5) is 44.3. The molecule has 4 rings (SSSR count). The molecule has 2 aliphatic rings. The average Bonchev–Trinajstić information content (AvgIpc) is 3.14. The normalized spacial score (nSPS) is 20.3. The predicted octanol–water partition coefficient (Wildman–Crippen LogP) is 3.06. The first-order chi connectivity index (χ1) is 16.4. The van der Waals surface area contributed by atoms with Crippen LogP contribution in [0.5, 0.6) is 5.75 Å². The Hall–Kier alpha value is -2.94. The van der Waals surface area contributed by atoms with E-state index in [1.54, 1.807) is 17.5 Å². The number of hydrogen-bond acceptors (Lipinski definition) is 6. The fourth-order valence-electron chi connectivity index (χ4n) is 5.25. The molecule has 1 aromatic carbocycles. The number of aromatic hydroxyl groups is 1. The molecular weight excluding hydrogens is 464 g/mol. The van der Waals surface area contributed by atoms with E-state index in [4.69, 9.17) is 5.73 Å². The van der Waals surface area contributed by atoms with Crippen molar-refractivity contribution >= 4 is 29.1 Å². The van der Waals surface area contributed by atoms with Crippen LogP contribution >= 0.6 is 11.3 Å². The number of carbonyl (C=O) groups is 3. The van der Waals surface area contributed by atoms with Gasteiger partial charge in [0.05, 0.1) is 5.01 Å². The molecule has 0 bridgehead atoms. The second-order valence-electron chi connectivity index (χ2n) is 10.8. The number of amides is 3. The molecule has 35 heavy (non-hydrogen) atoms. The first-order valence-electron chi connectivity index (χ1n) is 12.0. The summed E-state index contributed by atoms with van der Waals surface area (Å²) in [6.07, 6.45) is 1.86. The topological polar surface area (TPSA) is 126 Å². The maximum atomic E-state index is 13.0. The Bertz CT molecular complexity index is 1100. The van der Waals surface area contributed by atoms with E-state index in [2.05, 4.69) is 38.0 Å². The number of thiazole rings is 1. The van der Waals surface area contributed by atoms with Gasteiger partial charge in [-0.1, -0.05) is 39.8 Å². The zero-order valence-corrected chi connectivity index (χ0v) is 21.5. The molecule has 1 saturated heterocycles. The van der Waals surface area contributed by atoms with Gasteiger partial charge in [-0.3, -0.25) is 14.4 Å². The number of piperidine rings is 1. The van der Waals surface area contributed by atoms with Crippen molar-refractivity contribution in [2.75, 3.05) is 13.1 Å². The summed E-state index contributed by atoms with van der Waals surface area (Å²) in [7, 11) is 0. The highest BCUT2D eigenvalue weighted by molar-refractivity contribution is 7.09. The summed E-state index contributed by atoms with van der Waals surface area (Å²) >= 11 is 1.43. The predicted molar refractivity (Wildman–Crippen MR) is 134 cm³/mol. The third-order valence-corrected chi connectivity index (χ3v) is 9.21. The number of nitrogens with one attached hydrogen (secondary N) is 1. The lowest BCUT2D eigenvalue weighted by Crippen LogP contribution is -2.46. The zero-order valence-electron chi connectivity index (χ0n) is 20.7. The van der Waals surface area contributed by atoms with Crippen LogP contribution in [-0.4, -0.2) is 51.8 Å². The van der Waals surface area contributed by atoms with Crippen molar-refractivity contribution in [3.8, 4) is 5.75 Å². The lowest BCUT2D eigenvalue weighted by molar-refractivity contribution is -0.135. The van der Waals surface area contributed by atoms with E-state index in [0.717, 1.165) is 23.4 Å². The molecule has 1 unspecified atom stereocenters. The number of aromatic nitrogens is 1. The molecule has 3 amide bonds. The maximum Gasteiger partial charge on any atom is 0.271 e. The Balaban J connectivity index is 1.33. The van der Waals surface area contributed by atoms with Gasteiger partial charge in [0.25, 0.3) is 5.91 Å². The molecule has 2 fully saturated rings. The van der Waals surface area contributed by atoms with E-state index in [1.807, 2.05) is 4.90 Å². The number of nitrogens with zero attached hydrogens (tertiary/aromatic N) is 2. The van der Waals surface area contributed by atoms with Crippen molar-refractivity contribution in [1.29, 1.82) is 0 Å². The van der Waals surface area contributed by atoms with Crippen LogP contribution in [0.25, 0.3) is 0 Å². The van der Waals surface area contributed by atoms with E-state index in [9.17, 15) is 19.5 Å². The van der Waals surface area contributed by atoms with E-state index >= 15 is 0 Å². The molecule has 0 spiro atoms. The number of rotatable bonds is 7. The largest absolute Gasteiger partial charge is 0.508 e. The van der Waals surface area contributed by atoms with Crippen LogP contribution in [0.2, 0.25) is 0 Å². The molecule has 1 aliphatic carbocycles. The lowest BCUT2D eigenvalue weighted by Gasteiger charge is -2.31. The Kier molecular flexibility index (Phi) is 6.66. The fraction of sp³-hybridized carbons (Fsp3) is 0.538. The number of nitrogens with two attached hydrogens (primary N) is 1. The molecule has 188 valence electrons. The first-order valence-corrected chi connectivity index (χ1v) is 12.9. The smallest absolute Gasteiger partial charge is 0.271 e. The van der Waals surface area contributed by atoms with E-state index in [-0.39, 0.29) is 46.4 Å². The molecular formula is C26H34N4O4S. The highest BCUT2D eigenvalue weighted by Crippen LogP contribution is 2.68. The second kappa shape index (κ2) is 9.26. The monoisotopic (exact) mass is 498 g/mol. The van der Waals surface area contributed by atoms with Gasteiger partial charge < -0.3 is 21.1 Å². The second-order valence-corrected chi connectivity index (χ2v) is 11.7. The van der Waals surface area contributed by atoms with Gasteiger partial charge >= 0.3 is 0 Å². The van der Waals surface area contributed by atoms with Gasteiger partial charge in [-0.15, -0.1) is 11.3 Å². The van der Waals surface area contributed by atoms with Gasteiger partial charge in [-0.05, 0) is 41.4 Å². The summed E-state index contributed by atoms with van der Waals surface area (Å²) in [5.74, 6) is -0.430. The molecule has 0 radical (unpaired) electrons. The lowest BCUT2D eigenvalue weighted by atomic mass is 9.96. The summed E-state index contributed by atoms with van der Waals surface area (Å²) in [6, 6.07) is 5.52. The van der Waals surface area contributed by atoms with Crippen molar-refractivity contribution in [2.45, 2.75) is 58.9 Å². The highest BCUT2D eigenvalue weighted by atomic mass is 32.1. The first kappa shape index (κ1) is 25.2. The van der Waals surface area contributed by atoms with Crippen LogP contribution in [0.4, 0.5) is 0 Å². The number of phenolic OH excluding ortho intramolecular Hbond substituents is 1. The van der Waals surface area contributed by atoms with E-state index in [1.165, 1.54) is 23.5 Å². The van der Waals surface area contributed by atoms with Crippen LogP contribution < -0.4 is 11.1 Å². The van der Waals surface area contributed by atoms with Gasteiger partial charge in [0.15, 0.2) is 0 Å². The molecule has 1 atom stereocenters. The maximum absolute atomic E-state index is 13.0. The van der Waals surface area contributed by atoms with Crippen LogP contribution in [-0.2, 0) is 16.0 Å². The number of hydrogen-bond donors (Lipinski definition) is 3. The zero-order chi connectivity index (χ0) is 25.5. The average molecular weight is 499 g/mol. The molecule has 4 N–H and O–H groups in total. The number of carbonyl (C=O) groups excluding carboxylic acids is 3. The Morgan fingerprint density at radius 3 is 2.29 bits per heavy atom. The minimum Gasteiger partial charge on any atom is -0.508 e. The Labute approximate surface area is 209 Å². The molecule has 1 aliphatic heterocycles. The minimum atomic E-state index is -0.887.